The molecule has 3 aromatic rings. The molecule has 4 heteroatoms. The molecule has 0 atom stereocenters. The first-order chi connectivity index (χ1) is 14.9. The van der Waals surface area contributed by atoms with Crippen LogP contribution in [0.4, 0.5) is 0 Å². The minimum absolute atomic E-state index is 0.124. The highest BCUT2D eigenvalue weighted by Gasteiger charge is 2.19. The maximum Gasteiger partial charge on any atom is 0.331 e. The molecule has 156 valence electrons. The normalized spacial score (nSPS) is 12.4. The van der Waals surface area contributed by atoms with Crippen LogP contribution in [0, 0.1) is 13.8 Å². The number of carboxylic acids is 1. The Labute approximate surface area is 182 Å². The molecule has 1 aliphatic carbocycles. The predicted molar refractivity (Wildman–Crippen MR) is 121 cm³/mol. The molecule has 0 saturated carbocycles. The molecule has 1 heterocycles. The van der Waals surface area contributed by atoms with Gasteiger partial charge < -0.3 is 5.11 Å². The topological polar surface area (TPSA) is 67.3 Å². The van der Waals surface area contributed by atoms with Gasteiger partial charge in [0.2, 0.25) is 0 Å². The van der Waals surface area contributed by atoms with E-state index in [1.807, 2.05) is 49.5 Å². The van der Waals surface area contributed by atoms with Crippen molar-refractivity contribution in [3.63, 3.8) is 0 Å². The standard InChI is InChI=1S/C27H25NO3/c1-17-3-8-21(9-4-17)26(29)13-19-6-5-18(2)22(11-19)10-7-20-12-23-14-24(27(30)31)15-25(23)28-16-20/h3-6,8-9,11-12,14,16H,7,10,13,15H2,1-2H3,(H,30,31). The third kappa shape index (κ3) is 4.80. The summed E-state index contributed by atoms with van der Waals surface area (Å²) in [5.41, 5.74) is 8.54. The molecule has 0 bridgehead atoms. The number of carbonyl (C=O) groups is 2. The second-order valence-electron chi connectivity index (χ2n) is 8.26. The van der Waals surface area contributed by atoms with Crippen LogP contribution < -0.4 is 0 Å². The summed E-state index contributed by atoms with van der Waals surface area (Å²) < 4.78 is 0. The summed E-state index contributed by atoms with van der Waals surface area (Å²) in [7, 11) is 0. The number of fused-ring (bicyclic) bond motifs is 1. The van der Waals surface area contributed by atoms with E-state index in [1.165, 1.54) is 11.1 Å². The van der Waals surface area contributed by atoms with E-state index < -0.39 is 5.97 Å². The second kappa shape index (κ2) is 8.68. The molecular formula is C27H25NO3. The first-order valence-corrected chi connectivity index (χ1v) is 10.5. The molecule has 0 fully saturated rings. The van der Waals surface area contributed by atoms with Gasteiger partial charge in [-0.25, -0.2) is 4.79 Å². The molecule has 0 aliphatic heterocycles. The van der Waals surface area contributed by atoms with Gasteiger partial charge in [0.05, 0.1) is 5.69 Å². The summed E-state index contributed by atoms with van der Waals surface area (Å²) in [6.45, 7) is 4.10. The van der Waals surface area contributed by atoms with Crippen LogP contribution in [-0.4, -0.2) is 21.8 Å². The quantitative estimate of drug-likeness (QED) is 0.560. The number of nitrogens with zero attached hydrogens (tertiary/aromatic N) is 1. The van der Waals surface area contributed by atoms with E-state index in [1.54, 1.807) is 6.08 Å². The van der Waals surface area contributed by atoms with Crippen molar-refractivity contribution in [1.82, 2.24) is 4.98 Å². The van der Waals surface area contributed by atoms with Crippen molar-refractivity contribution in [1.29, 1.82) is 0 Å². The number of rotatable bonds is 7. The van der Waals surface area contributed by atoms with Crippen molar-refractivity contribution >= 4 is 17.8 Å². The Morgan fingerprint density at radius 1 is 0.968 bits per heavy atom. The minimum Gasteiger partial charge on any atom is -0.478 e. The van der Waals surface area contributed by atoms with Crippen LogP contribution in [0.15, 0.2) is 60.3 Å². The molecule has 4 nitrogen and oxygen atoms in total. The fourth-order valence-corrected chi connectivity index (χ4v) is 3.93. The number of aromatic nitrogens is 1. The number of Topliss-reactive ketones (excluding diaryl/α,β-unsaturated/α-hetero) is 1. The Balaban J connectivity index is 1.45. The third-order valence-corrected chi connectivity index (χ3v) is 5.86. The van der Waals surface area contributed by atoms with Crippen molar-refractivity contribution in [3.05, 3.63) is 105 Å². The Hall–Kier alpha value is -3.53. The van der Waals surface area contributed by atoms with Crippen LogP contribution in [0.25, 0.3) is 6.08 Å². The first-order valence-electron chi connectivity index (χ1n) is 10.5. The van der Waals surface area contributed by atoms with Crippen LogP contribution in [0.1, 0.15) is 49.4 Å². The number of benzene rings is 2. The lowest BCUT2D eigenvalue weighted by molar-refractivity contribution is -0.132. The zero-order chi connectivity index (χ0) is 22.0. The lowest BCUT2D eigenvalue weighted by Gasteiger charge is -2.10. The van der Waals surface area contributed by atoms with E-state index in [9.17, 15) is 14.7 Å². The number of aliphatic carboxylic acids is 1. The molecule has 0 saturated heterocycles. The zero-order valence-electron chi connectivity index (χ0n) is 17.8. The number of hydrogen-bond acceptors (Lipinski definition) is 3. The van der Waals surface area contributed by atoms with Gasteiger partial charge in [0.25, 0.3) is 0 Å². The largest absolute Gasteiger partial charge is 0.478 e. The van der Waals surface area contributed by atoms with Crippen molar-refractivity contribution < 1.29 is 14.7 Å². The maximum absolute atomic E-state index is 12.6. The average Bonchev–Trinajstić information content (AvgIpc) is 3.18. The van der Waals surface area contributed by atoms with E-state index >= 15 is 0 Å². The summed E-state index contributed by atoms with van der Waals surface area (Å²) in [5, 5.41) is 9.19. The van der Waals surface area contributed by atoms with Gasteiger partial charge in [0.15, 0.2) is 5.78 Å². The lowest BCUT2D eigenvalue weighted by Crippen LogP contribution is -2.05. The average molecular weight is 412 g/mol. The Kier molecular flexibility index (Phi) is 5.81. The maximum atomic E-state index is 12.6. The number of aryl methyl sites for hydroxylation is 4. The van der Waals surface area contributed by atoms with Gasteiger partial charge in [-0.3, -0.25) is 9.78 Å². The summed E-state index contributed by atoms with van der Waals surface area (Å²) in [6.07, 6.45) is 6.00. The molecule has 0 spiro atoms. The summed E-state index contributed by atoms with van der Waals surface area (Å²) >= 11 is 0. The van der Waals surface area contributed by atoms with Crippen molar-refractivity contribution in [3.8, 4) is 0 Å². The molecule has 31 heavy (non-hydrogen) atoms. The smallest absolute Gasteiger partial charge is 0.331 e. The van der Waals surface area contributed by atoms with Gasteiger partial charge in [-0.2, -0.15) is 0 Å². The van der Waals surface area contributed by atoms with Crippen molar-refractivity contribution in [2.24, 2.45) is 0 Å². The molecule has 4 rings (SSSR count). The Morgan fingerprint density at radius 2 is 1.74 bits per heavy atom. The molecule has 1 aliphatic rings. The number of pyridine rings is 1. The SMILES string of the molecule is Cc1ccc(C(=O)Cc2ccc(C)c(CCc3cnc4c(c3)C=C(C(=O)O)C4)c2)cc1. The highest BCUT2D eigenvalue weighted by atomic mass is 16.4. The van der Waals surface area contributed by atoms with Gasteiger partial charge in [0.1, 0.15) is 0 Å². The summed E-state index contributed by atoms with van der Waals surface area (Å²) in [5.74, 6) is -0.758. The van der Waals surface area contributed by atoms with Crippen molar-refractivity contribution in [2.75, 3.05) is 0 Å². The second-order valence-corrected chi connectivity index (χ2v) is 8.26. The van der Waals surface area contributed by atoms with E-state index in [0.717, 1.165) is 46.4 Å². The lowest BCUT2D eigenvalue weighted by atomic mass is 9.95. The third-order valence-electron chi connectivity index (χ3n) is 5.86. The number of hydrogen-bond donors (Lipinski definition) is 1. The van der Waals surface area contributed by atoms with E-state index in [4.69, 9.17) is 0 Å². The van der Waals surface area contributed by atoms with Crippen LogP contribution in [-0.2, 0) is 30.5 Å². The fraction of sp³-hybridized carbons (Fsp3) is 0.222. The number of ketones is 1. The highest BCUT2D eigenvalue weighted by molar-refractivity contribution is 5.97. The van der Waals surface area contributed by atoms with Crippen LogP contribution in [0.2, 0.25) is 0 Å². The molecule has 2 aromatic carbocycles. The van der Waals surface area contributed by atoms with E-state index in [-0.39, 0.29) is 5.78 Å². The molecular weight excluding hydrogens is 386 g/mol. The van der Waals surface area contributed by atoms with Crippen LogP contribution in [0.3, 0.4) is 0 Å². The molecule has 1 N–H and O–H groups in total. The minimum atomic E-state index is -0.882. The monoisotopic (exact) mass is 411 g/mol. The predicted octanol–water partition coefficient (Wildman–Crippen LogP) is 4.93. The zero-order valence-corrected chi connectivity index (χ0v) is 17.8. The van der Waals surface area contributed by atoms with Gasteiger partial charge in [-0.05, 0) is 66.6 Å². The van der Waals surface area contributed by atoms with Gasteiger partial charge in [0, 0.05) is 30.2 Å². The number of carboxylic acid groups (broad SMARTS) is 1. The Bertz CT molecular complexity index is 1190. The van der Waals surface area contributed by atoms with E-state index in [0.29, 0.717) is 18.4 Å². The molecule has 0 unspecified atom stereocenters. The van der Waals surface area contributed by atoms with Crippen LogP contribution in [0.5, 0.6) is 0 Å². The first kappa shape index (κ1) is 20.7. The summed E-state index contributed by atoms with van der Waals surface area (Å²) in [6, 6.07) is 16.0. The molecule has 1 aromatic heterocycles. The summed E-state index contributed by atoms with van der Waals surface area (Å²) in [4.78, 5) is 28.3. The fourth-order valence-electron chi connectivity index (χ4n) is 3.93. The van der Waals surface area contributed by atoms with Gasteiger partial charge in [-0.15, -0.1) is 0 Å². The van der Waals surface area contributed by atoms with Gasteiger partial charge in [-0.1, -0.05) is 48.0 Å². The number of carbonyl (C=O) groups excluding carboxylic acids is 1. The molecule has 0 radical (unpaired) electrons. The van der Waals surface area contributed by atoms with Crippen molar-refractivity contribution in [2.45, 2.75) is 39.5 Å². The highest BCUT2D eigenvalue weighted by Crippen LogP contribution is 2.25. The van der Waals surface area contributed by atoms with E-state index in [2.05, 4.69) is 24.0 Å². The van der Waals surface area contributed by atoms with Crippen LogP contribution >= 0.6 is 0 Å². The van der Waals surface area contributed by atoms with Gasteiger partial charge >= 0.3 is 5.97 Å². The Morgan fingerprint density at radius 3 is 2.48 bits per heavy atom. The molecule has 0 amide bonds.